The van der Waals surface area contributed by atoms with E-state index in [0.717, 1.165) is 16.1 Å². The number of aromatic nitrogens is 3. The van der Waals surface area contributed by atoms with Crippen LogP contribution in [0.2, 0.25) is 0 Å². The van der Waals surface area contributed by atoms with E-state index >= 15 is 0 Å². The standard InChI is InChI=1S/C20H13F4N3/c1-12-18(14-5-3-2-4-6-14)19-25-16(13-7-9-15(21)10-8-13)11-17(20(22,23)24)27(19)26-12/h2-11H,1H3. The minimum atomic E-state index is -4.62. The Kier molecular flexibility index (Phi) is 3.95. The van der Waals surface area contributed by atoms with E-state index in [4.69, 9.17) is 0 Å². The van der Waals surface area contributed by atoms with E-state index in [9.17, 15) is 17.6 Å². The summed E-state index contributed by atoms with van der Waals surface area (Å²) >= 11 is 0. The molecule has 0 atom stereocenters. The van der Waals surface area contributed by atoms with Crippen molar-refractivity contribution in [2.24, 2.45) is 0 Å². The molecular weight excluding hydrogens is 358 g/mol. The highest BCUT2D eigenvalue weighted by Crippen LogP contribution is 2.35. The second-order valence-corrected chi connectivity index (χ2v) is 6.09. The first-order chi connectivity index (χ1) is 12.8. The average Bonchev–Trinajstić information content (AvgIpc) is 2.97. The molecule has 2 aromatic carbocycles. The van der Waals surface area contributed by atoms with E-state index in [0.29, 0.717) is 16.8 Å². The lowest BCUT2D eigenvalue weighted by molar-refractivity contribution is -0.142. The van der Waals surface area contributed by atoms with Crippen LogP contribution in [0.15, 0.2) is 60.7 Å². The normalized spacial score (nSPS) is 11.9. The molecule has 0 radical (unpaired) electrons. The van der Waals surface area contributed by atoms with Crippen LogP contribution in [-0.2, 0) is 6.18 Å². The molecule has 0 aliphatic carbocycles. The van der Waals surface area contributed by atoms with Gasteiger partial charge < -0.3 is 0 Å². The SMILES string of the molecule is Cc1nn2c(C(F)(F)F)cc(-c3ccc(F)cc3)nc2c1-c1ccccc1. The number of aryl methyl sites for hydroxylation is 1. The topological polar surface area (TPSA) is 30.2 Å². The molecule has 0 saturated carbocycles. The number of hydrogen-bond donors (Lipinski definition) is 0. The lowest BCUT2D eigenvalue weighted by Crippen LogP contribution is -2.13. The van der Waals surface area contributed by atoms with Crippen molar-refractivity contribution in [1.82, 2.24) is 14.6 Å². The maximum Gasteiger partial charge on any atom is 0.433 e. The van der Waals surface area contributed by atoms with Gasteiger partial charge in [0.05, 0.1) is 11.4 Å². The highest BCUT2D eigenvalue weighted by molar-refractivity contribution is 5.81. The molecule has 0 bridgehead atoms. The summed E-state index contributed by atoms with van der Waals surface area (Å²) in [4.78, 5) is 4.42. The van der Waals surface area contributed by atoms with E-state index in [2.05, 4.69) is 10.1 Å². The first-order valence-corrected chi connectivity index (χ1v) is 8.13. The molecule has 0 spiro atoms. The van der Waals surface area contributed by atoms with Gasteiger partial charge >= 0.3 is 6.18 Å². The number of hydrogen-bond acceptors (Lipinski definition) is 2. The molecule has 27 heavy (non-hydrogen) atoms. The van der Waals surface area contributed by atoms with Crippen molar-refractivity contribution in [3.63, 3.8) is 0 Å². The van der Waals surface area contributed by atoms with E-state index in [1.54, 1.807) is 31.2 Å². The van der Waals surface area contributed by atoms with Gasteiger partial charge in [0, 0.05) is 11.1 Å². The smallest absolute Gasteiger partial charge is 0.228 e. The van der Waals surface area contributed by atoms with Crippen LogP contribution in [0.3, 0.4) is 0 Å². The van der Waals surface area contributed by atoms with Crippen molar-refractivity contribution in [1.29, 1.82) is 0 Å². The molecule has 2 aromatic heterocycles. The third-order valence-corrected chi connectivity index (χ3v) is 4.26. The molecule has 3 nitrogen and oxygen atoms in total. The first-order valence-electron chi connectivity index (χ1n) is 8.13. The van der Waals surface area contributed by atoms with Crippen molar-refractivity contribution in [3.8, 4) is 22.4 Å². The quantitative estimate of drug-likeness (QED) is 0.434. The van der Waals surface area contributed by atoms with Gasteiger partial charge in [0.15, 0.2) is 11.3 Å². The van der Waals surface area contributed by atoms with Crippen LogP contribution >= 0.6 is 0 Å². The zero-order chi connectivity index (χ0) is 19.2. The number of fused-ring (bicyclic) bond motifs is 1. The fourth-order valence-electron chi connectivity index (χ4n) is 3.04. The molecule has 7 heteroatoms. The van der Waals surface area contributed by atoms with Crippen molar-refractivity contribution < 1.29 is 17.6 Å². The Morgan fingerprint density at radius 2 is 1.56 bits per heavy atom. The molecule has 0 aliphatic heterocycles. The van der Waals surface area contributed by atoms with E-state index in [-0.39, 0.29) is 11.3 Å². The maximum atomic E-state index is 13.7. The molecule has 4 rings (SSSR count). The van der Waals surface area contributed by atoms with Gasteiger partial charge in [-0.1, -0.05) is 30.3 Å². The van der Waals surface area contributed by atoms with E-state index in [1.165, 1.54) is 24.3 Å². The monoisotopic (exact) mass is 371 g/mol. The summed E-state index contributed by atoms with van der Waals surface area (Å²) < 4.78 is 55.0. The molecule has 0 saturated heterocycles. The number of halogens is 4. The zero-order valence-corrected chi connectivity index (χ0v) is 14.1. The molecule has 0 aliphatic rings. The van der Waals surface area contributed by atoms with Crippen LogP contribution in [0.1, 0.15) is 11.4 Å². The van der Waals surface area contributed by atoms with Gasteiger partial charge in [0.2, 0.25) is 0 Å². The van der Waals surface area contributed by atoms with Crippen LogP contribution in [0, 0.1) is 12.7 Å². The molecular formula is C20H13F4N3. The summed E-state index contributed by atoms with van der Waals surface area (Å²) in [5.74, 6) is -0.471. The summed E-state index contributed by atoms with van der Waals surface area (Å²) in [6.07, 6.45) is -4.62. The minimum Gasteiger partial charge on any atom is -0.228 e. The Morgan fingerprint density at radius 3 is 2.19 bits per heavy atom. The molecule has 0 N–H and O–H groups in total. The Hall–Kier alpha value is -3.22. The second-order valence-electron chi connectivity index (χ2n) is 6.09. The van der Waals surface area contributed by atoms with Gasteiger partial charge in [0.1, 0.15) is 5.82 Å². The fraction of sp³-hybridized carbons (Fsp3) is 0.100. The Balaban J connectivity index is 2.06. The van der Waals surface area contributed by atoms with Crippen LogP contribution in [-0.4, -0.2) is 14.6 Å². The highest BCUT2D eigenvalue weighted by atomic mass is 19.4. The van der Waals surface area contributed by atoms with Crippen LogP contribution < -0.4 is 0 Å². The predicted molar refractivity (Wildman–Crippen MR) is 93.6 cm³/mol. The summed E-state index contributed by atoms with van der Waals surface area (Å²) in [6, 6.07) is 15.1. The van der Waals surface area contributed by atoms with Crippen molar-refractivity contribution in [2.45, 2.75) is 13.1 Å². The number of nitrogens with zero attached hydrogens (tertiary/aromatic N) is 3. The first kappa shape index (κ1) is 17.2. The van der Waals surface area contributed by atoms with Crippen LogP contribution in [0.4, 0.5) is 17.6 Å². The zero-order valence-electron chi connectivity index (χ0n) is 14.1. The number of benzene rings is 2. The summed E-state index contributed by atoms with van der Waals surface area (Å²) in [7, 11) is 0. The maximum absolute atomic E-state index is 13.7. The minimum absolute atomic E-state index is 0.104. The molecule has 2 heterocycles. The Bertz CT molecular complexity index is 1110. The number of alkyl halides is 3. The predicted octanol–water partition coefficient (Wildman–Crippen LogP) is 5.53. The van der Waals surface area contributed by atoms with Crippen molar-refractivity contribution >= 4 is 5.65 Å². The van der Waals surface area contributed by atoms with Crippen LogP contribution in [0.5, 0.6) is 0 Å². The van der Waals surface area contributed by atoms with Gasteiger partial charge in [-0.2, -0.15) is 18.3 Å². The fourth-order valence-corrected chi connectivity index (χ4v) is 3.04. The molecule has 4 aromatic rings. The van der Waals surface area contributed by atoms with Gasteiger partial charge in [-0.25, -0.2) is 13.9 Å². The van der Waals surface area contributed by atoms with E-state index < -0.39 is 17.7 Å². The molecule has 136 valence electrons. The number of rotatable bonds is 2. The third-order valence-electron chi connectivity index (χ3n) is 4.26. The Morgan fingerprint density at radius 1 is 0.889 bits per heavy atom. The van der Waals surface area contributed by atoms with Gasteiger partial charge in [-0.15, -0.1) is 0 Å². The van der Waals surface area contributed by atoms with Gasteiger partial charge in [-0.05, 0) is 42.8 Å². The van der Waals surface area contributed by atoms with Gasteiger partial charge in [-0.3, -0.25) is 0 Å². The van der Waals surface area contributed by atoms with E-state index in [1.807, 2.05) is 6.07 Å². The van der Waals surface area contributed by atoms with Crippen molar-refractivity contribution in [2.75, 3.05) is 0 Å². The van der Waals surface area contributed by atoms with Gasteiger partial charge in [0.25, 0.3) is 0 Å². The lowest BCUT2D eigenvalue weighted by atomic mass is 10.1. The molecule has 0 amide bonds. The lowest BCUT2D eigenvalue weighted by Gasteiger charge is -2.11. The van der Waals surface area contributed by atoms with Crippen molar-refractivity contribution in [3.05, 3.63) is 77.9 Å². The second kappa shape index (κ2) is 6.19. The largest absolute Gasteiger partial charge is 0.433 e. The summed E-state index contributed by atoms with van der Waals surface area (Å²) in [5, 5.41) is 4.08. The summed E-state index contributed by atoms with van der Waals surface area (Å²) in [6.45, 7) is 1.65. The average molecular weight is 371 g/mol. The third kappa shape index (κ3) is 3.05. The molecule has 0 unspecified atom stereocenters. The summed E-state index contributed by atoms with van der Waals surface area (Å²) in [5.41, 5.74) is 1.36. The molecule has 0 fully saturated rings. The highest BCUT2D eigenvalue weighted by Gasteiger charge is 2.36. The Labute approximate surface area is 151 Å². The van der Waals surface area contributed by atoms with Crippen LogP contribution in [0.25, 0.3) is 28.0 Å².